The van der Waals surface area contributed by atoms with Crippen molar-refractivity contribution in [3.05, 3.63) is 11.6 Å². The Kier molecular flexibility index (Phi) is 3.06. The Hall–Kier alpha value is -1.32. The van der Waals surface area contributed by atoms with Gasteiger partial charge in [-0.05, 0) is 13.3 Å². The van der Waals surface area contributed by atoms with Gasteiger partial charge in [0.1, 0.15) is 6.61 Å². The molecular weight excluding hydrogens is 170 g/mol. The van der Waals surface area contributed by atoms with Gasteiger partial charge in [0.15, 0.2) is 0 Å². The fourth-order valence-electron chi connectivity index (χ4n) is 0.984. The first-order chi connectivity index (χ1) is 6.15. The lowest BCUT2D eigenvalue weighted by molar-refractivity contribution is -0.122. The van der Waals surface area contributed by atoms with Crippen LogP contribution in [-0.2, 0) is 9.53 Å². The third-order valence-electron chi connectivity index (χ3n) is 1.95. The highest BCUT2D eigenvalue weighted by molar-refractivity contribution is 5.99. The van der Waals surface area contributed by atoms with E-state index in [0.29, 0.717) is 13.2 Å². The number of carbonyl (C=O) groups is 2. The molecule has 0 spiro atoms. The maximum atomic E-state index is 11.4. The second-order valence-electron chi connectivity index (χ2n) is 2.95. The van der Waals surface area contributed by atoms with Crippen molar-refractivity contribution in [1.29, 1.82) is 0 Å². The Balaban J connectivity index is 2.62. The molecule has 0 aliphatic carbocycles. The van der Waals surface area contributed by atoms with E-state index in [1.165, 1.54) is 6.08 Å². The van der Waals surface area contributed by atoms with Crippen LogP contribution in [0.5, 0.6) is 0 Å². The van der Waals surface area contributed by atoms with Crippen molar-refractivity contribution in [3.63, 3.8) is 0 Å². The van der Waals surface area contributed by atoms with Crippen molar-refractivity contribution >= 4 is 12.0 Å². The van der Waals surface area contributed by atoms with Gasteiger partial charge in [-0.2, -0.15) is 0 Å². The van der Waals surface area contributed by atoms with Gasteiger partial charge in [0, 0.05) is 6.08 Å². The molecular formula is C9H13NO3. The van der Waals surface area contributed by atoms with Crippen molar-refractivity contribution in [2.45, 2.75) is 20.3 Å². The summed E-state index contributed by atoms with van der Waals surface area (Å²) in [6, 6.07) is 0. The maximum absolute atomic E-state index is 11.4. The molecule has 13 heavy (non-hydrogen) atoms. The molecule has 0 N–H and O–H groups in total. The van der Waals surface area contributed by atoms with E-state index in [1.54, 1.807) is 0 Å². The number of nitrogens with zero attached hydrogens (tertiary/aromatic N) is 1. The zero-order chi connectivity index (χ0) is 9.84. The highest BCUT2D eigenvalue weighted by Gasteiger charge is 2.26. The van der Waals surface area contributed by atoms with E-state index < -0.39 is 6.09 Å². The predicted octanol–water partition coefficient (Wildman–Crippen LogP) is 1.32. The molecule has 2 amide bonds. The third kappa shape index (κ3) is 2.31. The Labute approximate surface area is 77.2 Å². The minimum absolute atomic E-state index is 0.276. The monoisotopic (exact) mass is 183 g/mol. The van der Waals surface area contributed by atoms with Crippen LogP contribution in [0, 0.1) is 0 Å². The van der Waals surface area contributed by atoms with Crippen LogP contribution >= 0.6 is 0 Å². The summed E-state index contributed by atoms with van der Waals surface area (Å²) in [5.41, 5.74) is 0.963. The van der Waals surface area contributed by atoms with Crippen molar-refractivity contribution in [2.24, 2.45) is 0 Å². The van der Waals surface area contributed by atoms with Crippen LogP contribution < -0.4 is 0 Å². The summed E-state index contributed by atoms with van der Waals surface area (Å²) in [4.78, 5) is 23.4. The maximum Gasteiger partial charge on any atom is 0.416 e. The Morgan fingerprint density at radius 3 is 2.85 bits per heavy atom. The van der Waals surface area contributed by atoms with Crippen LogP contribution in [0.25, 0.3) is 0 Å². The molecule has 1 heterocycles. The van der Waals surface area contributed by atoms with Gasteiger partial charge >= 0.3 is 6.09 Å². The van der Waals surface area contributed by atoms with E-state index in [1.807, 2.05) is 13.8 Å². The minimum Gasteiger partial charge on any atom is -0.447 e. The summed E-state index contributed by atoms with van der Waals surface area (Å²) in [6.45, 7) is 4.50. The number of ether oxygens (including phenoxy) is 1. The molecule has 72 valence electrons. The molecule has 1 saturated heterocycles. The molecule has 0 aromatic rings. The van der Waals surface area contributed by atoms with Crippen LogP contribution in [0.3, 0.4) is 0 Å². The van der Waals surface area contributed by atoms with E-state index >= 15 is 0 Å². The first-order valence-corrected chi connectivity index (χ1v) is 4.30. The second kappa shape index (κ2) is 4.07. The molecule has 4 nitrogen and oxygen atoms in total. The molecule has 0 atom stereocenters. The van der Waals surface area contributed by atoms with Gasteiger partial charge < -0.3 is 4.74 Å². The van der Waals surface area contributed by atoms with Gasteiger partial charge in [-0.3, -0.25) is 4.79 Å². The largest absolute Gasteiger partial charge is 0.447 e. The highest BCUT2D eigenvalue weighted by Crippen LogP contribution is 2.06. The lowest BCUT2D eigenvalue weighted by Crippen LogP contribution is -2.30. The standard InChI is InChI=1S/C9H13NO3/c1-3-7(2)6-8(11)10-4-5-13-9(10)12/h6H,3-5H2,1-2H3/b7-6+. The Morgan fingerprint density at radius 1 is 1.69 bits per heavy atom. The molecule has 0 bridgehead atoms. The summed E-state index contributed by atoms with van der Waals surface area (Å²) >= 11 is 0. The molecule has 0 aromatic heterocycles. The molecule has 0 unspecified atom stereocenters. The summed E-state index contributed by atoms with van der Waals surface area (Å²) in [5.74, 6) is -0.276. The average Bonchev–Trinajstić information content (AvgIpc) is 2.51. The van der Waals surface area contributed by atoms with Crippen molar-refractivity contribution in [2.75, 3.05) is 13.2 Å². The number of allylic oxidation sites excluding steroid dienone is 1. The normalized spacial score (nSPS) is 17.5. The van der Waals surface area contributed by atoms with Gasteiger partial charge in [-0.15, -0.1) is 0 Å². The van der Waals surface area contributed by atoms with Crippen LogP contribution in [0.1, 0.15) is 20.3 Å². The van der Waals surface area contributed by atoms with Gasteiger partial charge in [0.05, 0.1) is 6.54 Å². The van der Waals surface area contributed by atoms with Crippen LogP contribution in [-0.4, -0.2) is 30.1 Å². The van der Waals surface area contributed by atoms with Crippen molar-refractivity contribution in [1.82, 2.24) is 4.90 Å². The summed E-state index contributed by atoms with van der Waals surface area (Å²) in [5, 5.41) is 0. The number of hydrogen-bond acceptors (Lipinski definition) is 3. The van der Waals surface area contributed by atoms with E-state index in [-0.39, 0.29) is 5.91 Å². The number of amides is 2. The smallest absolute Gasteiger partial charge is 0.416 e. The lowest BCUT2D eigenvalue weighted by atomic mass is 10.2. The Bertz CT molecular complexity index is 258. The molecule has 1 aliphatic heterocycles. The minimum atomic E-state index is -0.537. The molecule has 0 radical (unpaired) electrons. The fourth-order valence-corrected chi connectivity index (χ4v) is 0.984. The quantitative estimate of drug-likeness (QED) is 0.606. The summed E-state index contributed by atoms with van der Waals surface area (Å²) in [7, 11) is 0. The first kappa shape index (κ1) is 9.77. The highest BCUT2D eigenvalue weighted by atomic mass is 16.6. The summed E-state index contributed by atoms with van der Waals surface area (Å²) in [6.07, 6.45) is 1.76. The predicted molar refractivity (Wildman–Crippen MR) is 47.1 cm³/mol. The van der Waals surface area contributed by atoms with Crippen LogP contribution in [0.2, 0.25) is 0 Å². The summed E-state index contributed by atoms with van der Waals surface area (Å²) < 4.78 is 4.64. The lowest BCUT2D eigenvalue weighted by Gasteiger charge is -2.07. The fraction of sp³-hybridized carbons (Fsp3) is 0.556. The zero-order valence-electron chi connectivity index (χ0n) is 7.87. The van der Waals surface area contributed by atoms with Crippen LogP contribution in [0.15, 0.2) is 11.6 Å². The zero-order valence-corrected chi connectivity index (χ0v) is 7.87. The molecule has 0 aromatic carbocycles. The molecule has 1 rings (SSSR count). The van der Waals surface area contributed by atoms with E-state index in [4.69, 9.17) is 0 Å². The van der Waals surface area contributed by atoms with E-state index in [2.05, 4.69) is 4.74 Å². The average molecular weight is 183 g/mol. The van der Waals surface area contributed by atoms with E-state index in [0.717, 1.165) is 16.9 Å². The first-order valence-electron chi connectivity index (χ1n) is 4.30. The van der Waals surface area contributed by atoms with Gasteiger partial charge in [-0.25, -0.2) is 9.69 Å². The van der Waals surface area contributed by atoms with Gasteiger partial charge in [-0.1, -0.05) is 12.5 Å². The van der Waals surface area contributed by atoms with Crippen LogP contribution in [0.4, 0.5) is 4.79 Å². The number of rotatable bonds is 2. The Morgan fingerprint density at radius 2 is 2.38 bits per heavy atom. The number of cyclic esters (lactones) is 1. The third-order valence-corrected chi connectivity index (χ3v) is 1.95. The molecule has 1 fully saturated rings. The van der Waals surface area contributed by atoms with Crippen molar-refractivity contribution < 1.29 is 14.3 Å². The number of hydrogen-bond donors (Lipinski definition) is 0. The molecule has 1 aliphatic rings. The topological polar surface area (TPSA) is 46.6 Å². The second-order valence-corrected chi connectivity index (χ2v) is 2.95. The van der Waals surface area contributed by atoms with E-state index in [9.17, 15) is 9.59 Å². The van der Waals surface area contributed by atoms with Crippen molar-refractivity contribution in [3.8, 4) is 0 Å². The number of imide groups is 1. The van der Waals surface area contributed by atoms with Gasteiger partial charge in [0.2, 0.25) is 0 Å². The SMILES string of the molecule is CC/C(C)=C/C(=O)N1CCOC1=O. The van der Waals surface area contributed by atoms with Gasteiger partial charge in [0.25, 0.3) is 5.91 Å². The molecule has 4 heteroatoms. The number of carbonyl (C=O) groups excluding carboxylic acids is 2. The molecule has 0 saturated carbocycles.